The molecule has 1 amide bonds. The van der Waals surface area contributed by atoms with Gasteiger partial charge in [-0.3, -0.25) is 4.79 Å². The summed E-state index contributed by atoms with van der Waals surface area (Å²) < 4.78 is 27.1. The lowest BCUT2D eigenvalue weighted by Gasteiger charge is -2.08. The summed E-state index contributed by atoms with van der Waals surface area (Å²) >= 11 is 9.12. The third-order valence-electron chi connectivity index (χ3n) is 2.35. The van der Waals surface area contributed by atoms with Crippen LogP contribution in [-0.4, -0.2) is 5.91 Å². The summed E-state index contributed by atoms with van der Waals surface area (Å²) in [7, 11) is 0. The molecule has 0 unspecified atom stereocenters. The van der Waals surface area contributed by atoms with E-state index in [2.05, 4.69) is 21.2 Å². The molecule has 0 aliphatic rings. The first kappa shape index (κ1) is 14.0. The highest BCUT2D eigenvalue weighted by molar-refractivity contribution is 9.10. The maximum Gasteiger partial charge on any atom is 0.258 e. The first-order valence-electron chi connectivity index (χ1n) is 5.19. The molecule has 0 aromatic heterocycles. The molecule has 0 saturated heterocycles. The van der Waals surface area contributed by atoms with Crippen LogP contribution in [-0.2, 0) is 0 Å². The Morgan fingerprint density at radius 3 is 2.63 bits per heavy atom. The standard InChI is InChI=1S/C13H7BrClF2NO/c14-7-1-3-10(15)12(5-7)18-13(19)9-6-8(16)2-4-11(9)17/h1-6H,(H,18,19). The normalized spacial score (nSPS) is 10.3. The fourth-order valence-electron chi connectivity index (χ4n) is 1.45. The van der Waals surface area contributed by atoms with Crippen molar-refractivity contribution in [2.24, 2.45) is 0 Å². The molecule has 0 atom stereocenters. The van der Waals surface area contributed by atoms with Crippen molar-refractivity contribution in [3.63, 3.8) is 0 Å². The molecule has 19 heavy (non-hydrogen) atoms. The first-order valence-corrected chi connectivity index (χ1v) is 6.36. The van der Waals surface area contributed by atoms with Crippen molar-refractivity contribution in [2.75, 3.05) is 5.32 Å². The summed E-state index contributed by atoms with van der Waals surface area (Å²) in [6.07, 6.45) is 0. The van der Waals surface area contributed by atoms with E-state index in [-0.39, 0.29) is 5.56 Å². The quantitative estimate of drug-likeness (QED) is 0.844. The molecule has 0 fully saturated rings. The SMILES string of the molecule is O=C(Nc1cc(Br)ccc1Cl)c1cc(F)ccc1F. The fourth-order valence-corrected chi connectivity index (χ4v) is 1.98. The second kappa shape index (κ2) is 5.67. The highest BCUT2D eigenvalue weighted by atomic mass is 79.9. The van der Waals surface area contributed by atoms with Crippen molar-refractivity contribution >= 4 is 39.1 Å². The fraction of sp³-hybridized carbons (Fsp3) is 0. The summed E-state index contributed by atoms with van der Waals surface area (Å²) in [5.41, 5.74) is -0.0688. The lowest BCUT2D eigenvalue weighted by atomic mass is 10.2. The summed E-state index contributed by atoms with van der Waals surface area (Å²) in [5.74, 6) is -2.26. The van der Waals surface area contributed by atoms with Crippen molar-refractivity contribution in [1.29, 1.82) is 0 Å². The minimum atomic E-state index is -0.801. The van der Waals surface area contributed by atoms with E-state index in [0.717, 1.165) is 18.2 Å². The Hall–Kier alpha value is -1.46. The molecule has 0 bridgehead atoms. The Morgan fingerprint density at radius 2 is 1.89 bits per heavy atom. The van der Waals surface area contributed by atoms with E-state index in [0.29, 0.717) is 15.2 Å². The van der Waals surface area contributed by atoms with Gasteiger partial charge in [-0.05, 0) is 36.4 Å². The van der Waals surface area contributed by atoms with Gasteiger partial charge in [0.1, 0.15) is 11.6 Å². The number of amides is 1. The molecule has 0 aliphatic carbocycles. The molecule has 0 aliphatic heterocycles. The van der Waals surface area contributed by atoms with Gasteiger partial charge in [0.2, 0.25) is 0 Å². The molecule has 0 radical (unpaired) electrons. The molecular weight excluding hydrogens is 340 g/mol. The summed E-state index contributed by atoms with van der Waals surface area (Å²) in [4.78, 5) is 11.9. The van der Waals surface area contributed by atoms with Crippen LogP contribution in [0.25, 0.3) is 0 Å². The molecule has 0 saturated carbocycles. The molecule has 0 spiro atoms. The first-order chi connectivity index (χ1) is 8.97. The van der Waals surface area contributed by atoms with Crippen LogP contribution < -0.4 is 5.32 Å². The van der Waals surface area contributed by atoms with Crippen LogP contribution in [0.5, 0.6) is 0 Å². The summed E-state index contributed by atoms with van der Waals surface area (Å²) in [5, 5.41) is 2.73. The second-order valence-electron chi connectivity index (χ2n) is 3.70. The average molecular weight is 347 g/mol. The topological polar surface area (TPSA) is 29.1 Å². The minimum Gasteiger partial charge on any atom is -0.321 e. The van der Waals surface area contributed by atoms with E-state index in [9.17, 15) is 13.6 Å². The van der Waals surface area contributed by atoms with Gasteiger partial charge in [-0.1, -0.05) is 27.5 Å². The Morgan fingerprint density at radius 1 is 1.16 bits per heavy atom. The third-order valence-corrected chi connectivity index (χ3v) is 3.17. The number of rotatable bonds is 2. The zero-order chi connectivity index (χ0) is 14.0. The third kappa shape index (κ3) is 3.30. The van der Waals surface area contributed by atoms with Crippen LogP contribution in [0.1, 0.15) is 10.4 Å². The van der Waals surface area contributed by atoms with Gasteiger partial charge in [0.05, 0.1) is 16.3 Å². The Labute approximate surface area is 121 Å². The van der Waals surface area contributed by atoms with E-state index < -0.39 is 17.5 Å². The molecule has 98 valence electrons. The number of benzene rings is 2. The van der Waals surface area contributed by atoms with Gasteiger partial charge in [-0.25, -0.2) is 8.78 Å². The van der Waals surface area contributed by atoms with E-state index in [1.165, 1.54) is 0 Å². The van der Waals surface area contributed by atoms with Crippen LogP contribution in [0.2, 0.25) is 5.02 Å². The van der Waals surface area contributed by atoms with Gasteiger partial charge in [0, 0.05) is 4.47 Å². The molecule has 6 heteroatoms. The number of anilines is 1. The van der Waals surface area contributed by atoms with Gasteiger partial charge in [-0.2, -0.15) is 0 Å². The number of hydrogen-bond acceptors (Lipinski definition) is 1. The molecule has 0 heterocycles. The Balaban J connectivity index is 2.30. The molecule has 2 rings (SSSR count). The number of halogens is 4. The van der Waals surface area contributed by atoms with Crippen molar-refractivity contribution in [2.45, 2.75) is 0 Å². The van der Waals surface area contributed by atoms with Crippen LogP contribution in [0, 0.1) is 11.6 Å². The van der Waals surface area contributed by atoms with Crippen LogP contribution >= 0.6 is 27.5 Å². The van der Waals surface area contributed by atoms with Gasteiger partial charge in [-0.15, -0.1) is 0 Å². The average Bonchev–Trinajstić information content (AvgIpc) is 2.36. The highest BCUT2D eigenvalue weighted by Gasteiger charge is 2.14. The van der Waals surface area contributed by atoms with Gasteiger partial charge in [0.15, 0.2) is 0 Å². The van der Waals surface area contributed by atoms with Crippen molar-refractivity contribution in [3.8, 4) is 0 Å². The molecule has 1 N–H and O–H groups in total. The number of carbonyl (C=O) groups is 1. The molecule has 2 nitrogen and oxygen atoms in total. The second-order valence-corrected chi connectivity index (χ2v) is 5.03. The van der Waals surface area contributed by atoms with Crippen LogP contribution in [0.4, 0.5) is 14.5 Å². The molecule has 2 aromatic rings. The maximum absolute atomic E-state index is 13.4. The van der Waals surface area contributed by atoms with Crippen LogP contribution in [0.3, 0.4) is 0 Å². The van der Waals surface area contributed by atoms with Crippen molar-refractivity contribution in [3.05, 3.63) is 63.1 Å². The van der Waals surface area contributed by atoms with Gasteiger partial charge >= 0.3 is 0 Å². The molecular formula is C13H7BrClF2NO. The lowest BCUT2D eigenvalue weighted by molar-refractivity contribution is 0.102. The van der Waals surface area contributed by atoms with E-state index in [4.69, 9.17) is 11.6 Å². The number of carbonyl (C=O) groups excluding carboxylic acids is 1. The van der Waals surface area contributed by atoms with Crippen molar-refractivity contribution < 1.29 is 13.6 Å². The number of nitrogens with one attached hydrogen (secondary N) is 1. The van der Waals surface area contributed by atoms with E-state index in [1.807, 2.05) is 0 Å². The van der Waals surface area contributed by atoms with Crippen molar-refractivity contribution in [1.82, 2.24) is 0 Å². The van der Waals surface area contributed by atoms with Gasteiger partial charge < -0.3 is 5.32 Å². The monoisotopic (exact) mass is 345 g/mol. The summed E-state index contributed by atoms with van der Waals surface area (Å²) in [6.45, 7) is 0. The zero-order valence-corrected chi connectivity index (χ0v) is 11.7. The van der Waals surface area contributed by atoms with E-state index >= 15 is 0 Å². The molecule has 2 aromatic carbocycles. The predicted molar refractivity (Wildman–Crippen MR) is 73.5 cm³/mol. The van der Waals surface area contributed by atoms with Crippen LogP contribution in [0.15, 0.2) is 40.9 Å². The largest absolute Gasteiger partial charge is 0.321 e. The number of hydrogen-bond donors (Lipinski definition) is 1. The van der Waals surface area contributed by atoms with E-state index in [1.54, 1.807) is 18.2 Å². The predicted octanol–water partition coefficient (Wildman–Crippen LogP) is 4.63. The Kier molecular flexibility index (Phi) is 4.17. The lowest BCUT2D eigenvalue weighted by Crippen LogP contribution is -2.14. The zero-order valence-electron chi connectivity index (χ0n) is 9.38. The summed E-state index contributed by atoms with van der Waals surface area (Å²) in [6, 6.07) is 7.50. The Bertz CT molecular complexity index is 649. The smallest absolute Gasteiger partial charge is 0.258 e. The van der Waals surface area contributed by atoms with Gasteiger partial charge in [0.25, 0.3) is 5.91 Å². The maximum atomic E-state index is 13.4. The highest BCUT2D eigenvalue weighted by Crippen LogP contribution is 2.26. The minimum absolute atomic E-state index is 0.299.